The van der Waals surface area contributed by atoms with Crippen LogP contribution in [0.1, 0.15) is 30.0 Å². The van der Waals surface area contributed by atoms with E-state index in [9.17, 15) is 4.79 Å². The van der Waals surface area contributed by atoms with Gasteiger partial charge in [-0.25, -0.2) is 10.2 Å². The summed E-state index contributed by atoms with van der Waals surface area (Å²) < 4.78 is 10.9. The maximum atomic E-state index is 12.1. The van der Waals surface area contributed by atoms with Crippen molar-refractivity contribution in [2.45, 2.75) is 20.0 Å². The lowest BCUT2D eigenvalue weighted by atomic mass is 10.1. The monoisotopic (exact) mass is 374 g/mol. The summed E-state index contributed by atoms with van der Waals surface area (Å²) in [6, 6.07) is 8.51. The summed E-state index contributed by atoms with van der Waals surface area (Å²) >= 11 is 6.10. The Morgan fingerprint density at radius 3 is 2.96 bits per heavy atom. The van der Waals surface area contributed by atoms with Crippen LogP contribution in [0.2, 0.25) is 5.02 Å². The van der Waals surface area contributed by atoms with Crippen molar-refractivity contribution in [2.24, 2.45) is 5.10 Å². The standard InChI is InChI=1S/C16H15ClN6O3/c1-9(2)25-15(24)12-7-10(3-5-13(12)17)14-6-4-11(26-14)8-18-19-16-20-22-23-21-16/h3-9H,1-2H3,(H2,19,20,21,22,23). The van der Waals surface area contributed by atoms with Crippen LogP contribution >= 0.6 is 11.6 Å². The average molecular weight is 375 g/mol. The summed E-state index contributed by atoms with van der Waals surface area (Å²) in [5.74, 6) is 0.807. The van der Waals surface area contributed by atoms with Crippen molar-refractivity contribution in [1.29, 1.82) is 0 Å². The summed E-state index contributed by atoms with van der Waals surface area (Å²) in [4.78, 5) is 12.1. The Morgan fingerprint density at radius 2 is 2.23 bits per heavy atom. The van der Waals surface area contributed by atoms with Crippen molar-refractivity contribution in [2.75, 3.05) is 5.43 Å². The zero-order chi connectivity index (χ0) is 18.5. The van der Waals surface area contributed by atoms with Crippen molar-refractivity contribution < 1.29 is 13.9 Å². The third-order valence-corrected chi connectivity index (χ3v) is 3.47. The van der Waals surface area contributed by atoms with Crippen LogP contribution in [-0.4, -0.2) is 38.9 Å². The molecule has 3 aromatic rings. The lowest BCUT2D eigenvalue weighted by Gasteiger charge is -2.09. The maximum Gasteiger partial charge on any atom is 0.339 e. The molecule has 0 radical (unpaired) electrons. The number of esters is 1. The Hall–Kier alpha value is -3.20. The SMILES string of the molecule is CC(C)OC(=O)c1cc(-c2ccc(C=NNc3nn[nH]n3)o2)ccc1Cl. The quantitative estimate of drug-likeness (QED) is 0.386. The van der Waals surface area contributed by atoms with Gasteiger partial charge in [-0.3, -0.25) is 0 Å². The maximum absolute atomic E-state index is 12.1. The number of hydrogen-bond acceptors (Lipinski definition) is 8. The summed E-state index contributed by atoms with van der Waals surface area (Å²) in [6.07, 6.45) is 1.23. The molecule has 3 rings (SSSR count). The number of aromatic amines is 1. The van der Waals surface area contributed by atoms with E-state index in [2.05, 4.69) is 31.2 Å². The molecule has 0 atom stereocenters. The number of nitrogens with one attached hydrogen (secondary N) is 2. The second-order valence-electron chi connectivity index (χ2n) is 5.46. The number of tetrazole rings is 1. The average Bonchev–Trinajstić information content (AvgIpc) is 3.26. The highest BCUT2D eigenvalue weighted by molar-refractivity contribution is 6.33. The Bertz CT molecular complexity index is 920. The summed E-state index contributed by atoms with van der Waals surface area (Å²) in [6.45, 7) is 3.55. The highest BCUT2D eigenvalue weighted by atomic mass is 35.5. The minimum Gasteiger partial charge on any atom is -0.459 e. The lowest BCUT2D eigenvalue weighted by Crippen LogP contribution is -2.12. The molecule has 134 valence electrons. The molecule has 9 nitrogen and oxygen atoms in total. The van der Waals surface area contributed by atoms with Crippen LogP contribution in [0.15, 0.2) is 39.9 Å². The third kappa shape index (κ3) is 4.25. The number of halogens is 1. The number of furan rings is 1. The summed E-state index contributed by atoms with van der Waals surface area (Å²) in [7, 11) is 0. The number of nitrogens with zero attached hydrogens (tertiary/aromatic N) is 4. The first-order valence-electron chi connectivity index (χ1n) is 7.66. The third-order valence-electron chi connectivity index (χ3n) is 3.14. The number of anilines is 1. The number of hydrogen-bond donors (Lipinski definition) is 2. The highest BCUT2D eigenvalue weighted by Crippen LogP contribution is 2.27. The van der Waals surface area contributed by atoms with E-state index < -0.39 is 5.97 Å². The second kappa shape index (κ2) is 7.79. The molecule has 0 amide bonds. The van der Waals surface area contributed by atoms with Gasteiger partial charge in [-0.15, -0.1) is 5.10 Å². The van der Waals surface area contributed by atoms with Crippen molar-refractivity contribution in [1.82, 2.24) is 20.6 Å². The zero-order valence-electron chi connectivity index (χ0n) is 13.9. The Morgan fingerprint density at radius 1 is 1.38 bits per heavy atom. The molecule has 0 unspecified atom stereocenters. The van der Waals surface area contributed by atoms with Crippen LogP contribution in [0.25, 0.3) is 11.3 Å². The van der Waals surface area contributed by atoms with E-state index in [1.807, 2.05) is 0 Å². The predicted octanol–water partition coefficient (Wildman–Crippen LogP) is 3.12. The van der Waals surface area contributed by atoms with Crippen molar-refractivity contribution in [3.05, 3.63) is 46.7 Å². The number of aromatic nitrogens is 4. The minimum atomic E-state index is -0.482. The molecule has 2 heterocycles. The van der Waals surface area contributed by atoms with Gasteiger partial charge in [0.1, 0.15) is 11.5 Å². The first-order chi connectivity index (χ1) is 12.5. The van der Waals surface area contributed by atoms with Crippen LogP contribution in [0, 0.1) is 0 Å². The molecule has 0 aliphatic carbocycles. The van der Waals surface area contributed by atoms with Gasteiger partial charge in [0, 0.05) is 5.56 Å². The van der Waals surface area contributed by atoms with Crippen LogP contribution in [0.3, 0.4) is 0 Å². The van der Waals surface area contributed by atoms with E-state index in [4.69, 9.17) is 20.8 Å². The predicted molar refractivity (Wildman–Crippen MR) is 95.1 cm³/mol. The summed E-state index contributed by atoms with van der Waals surface area (Å²) in [5.41, 5.74) is 3.56. The number of hydrazone groups is 1. The van der Waals surface area contributed by atoms with Gasteiger partial charge in [0.25, 0.3) is 5.95 Å². The van der Waals surface area contributed by atoms with Gasteiger partial charge in [0.15, 0.2) is 0 Å². The molecule has 2 aromatic heterocycles. The fourth-order valence-corrected chi connectivity index (χ4v) is 2.25. The van der Waals surface area contributed by atoms with Gasteiger partial charge >= 0.3 is 5.97 Å². The largest absolute Gasteiger partial charge is 0.459 e. The van der Waals surface area contributed by atoms with Gasteiger partial charge in [-0.05, 0) is 49.4 Å². The molecule has 0 saturated carbocycles. The van der Waals surface area contributed by atoms with E-state index in [1.54, 1.807) is 44.2 Å². The molecular formula is C16H15ClN6O3. The lowest BCUT2D eigenvalue weighted by molar-refractivity contribution is 0.0378. The molecule has 0 fully saturated rings. The number of H-pyrrole nitrogens is 1. The normalized spacial score (nSPS) is 11.2. The van der Waals surface area contributed by atoms with Crippen LogP contribution < -0.4 is 5.43 Å². The molecule has 0 saturated heterocycles. The minimum absolute atomic E-state index is 0.235. The van der Waals surface area contributed by atoms with Crippen molar-refractivity contribution in [3.8, 4) is 11.3 Å². The zero-order valence-corrected chi connectivity index (χ0v) is 14.7. The molecular weight excluding hydrogens is 360 g/mol. The van der Waals surface area contributed by atoms with Crippen LogP contribution in [-0.2, 0) is 4.74 Å². The first-order valence-corrected chi connectivity index (χ1v) is 8.04. The van der Waals surface area contributed by atoms with Crippen LogP contribution in [0.5, 0.6) is 0 Å². The topological polar surface area (TPSA) is 118 Å². The van der Waals surface area contributed by atoms with Gasteiger partial charge < -0.3 is 9.15 Å². The highest BCUT2D eigenvalue weighted by Gasteiger charge is 2.15. The first kappa shape index (κ1) is 17.6. The van der Waals surface area contributed by atoms with Gasteiger partial charge in [0.2, 0.25) is 0 Å². The van der Waals surface area contributed by atoms with Crippen LogP contribution in [0.4, 0.5) is 5.95 Å². The Kier molecular flexibility index (Phi) is 5.28. The number of rotatable bonds is 6. The molecule has 0 spiro atoms. The van der Waals surface area contributed by atoms with E-state index in [-0.39, 0.29) is 17.6 Å². The van der Waals surface area contributed by atoms with Crippen molar-refractivity contribution >= 4 is 29.7 Å². The smallest absolute Gasteiger partial charge is 0.339 e. The van der Waals surface area contributed by atoms with Gasteiger partial charge in [-0.1, -0.05) is 16.7 Å². The van der Waals surface area contributed by atoms with E-state index in [1.165, 1.54) is 6.21 Å². The molecule has 10 heteroatoms. The second-order valence-corrected chi connectivity index (χ2v) is 5.86. The number of ether oxygens (including phenoxy) is 1. The number of carbonyl (C=O) groups excluding carboxylic acids is 1. The number of carbonyl (C=O) groups is 1. The molecule has 0 aliphatic rings. The molecule has 0 bridgehead atoms. The fourth-order valence-electron chi connectivity index (χ4n) is 2.05. The van der Waals surface area contributed by atoms with E-state index >= 15 is 0 Å². The molecule has 1 aromatic carbocycles. The Labute approximate surface area is 153 Å². The molecule has 0 aliphatic heterocycles. The summed E-state index contributed by atoms with van der Waals surface area (Å²) in [5, 5.41) is 17.3. The molecule has 2 N–H and O–H groups in total. The fraction of sp³-hybridized carbons (Fsp3) is 0.188. The number of benzene rings is 1. The Balaban J connectivity index is 1.76. The van der Waals surface area contributed by atoms with Gasteiger partial charge in [-0.2, -0.15) is 10.3 Å². The molecule has 26 heavy (non-hydrogen) atoms. The van der Waals surface area contributed by atoms with E-state index in [0.717, 1.165) is 0 Å². The van der Waals surface area contributed by atoms with E-state index in [0.29, 0.717) is 22.1 Å². The van der Waals surface area contributed by atoms with Gasteiger partial charge in [0.05, 0.1) is 22.9 Å². The van der Waals surface area contributed by atoms with Crippen molar-refractivity contribution in [3.63, 3.8) is 0 Å².